The fourth-order valence-electron chi connectivity index (χ4n) is 2.34. The zero-order valence-corrected chi connectivity index (χ0v) is 10.1. The third-order valence-electron chi connectivity index (χ3n) is 3.29. The average Bonchev–Trinajstić information content (AvgIpc) is 2.68. The molecule has 1 aromatic rings. The Hall–Kier alpha value is -2.11. The minimum atomic E-state index is -0.229. The van der Waals surface area contributed by atoms with Gasteiger partial charge in [0.2, 0.25) is 11.9 Å². The van der Waals surface area contributed by atoms with E-state index in [1.54, 1.807) is 0 Å². The van der Waals surface area contributed by atoms with Crippen molar-refractivity contribution < 1.29 is 9.59 Å². The van der Waals surface area contributed by atoms with Crippen LogP contribution >= 0.6 is 0 Å². The number of amides is 1. The number of fused-ring (bicyclic) bond motifs is 1. The lowest BCUT2D eigenvalue weighted by Gasteiger charge is -2.20. The number of carbonyl (C=O) groups is 2. The lowest BCUT2D eigenvalue weighted by molar-refractivity contribution is -0.124. The standard InChI is InChI=1S/C12H14N4O2/c1-15-9-3-2-5-13-11(9)14-12(15)16-6-4-8(17)7-10(16)18/h4,6,13H,2-3,5,7H2,1H3. The summed E-state index contributed by atoms with van der Waals surface area (Å²) in [5, 5.41) is 3.23. The third-order valence-corrected chi connectivity index (χ3v) is 3.29. The normalized spacial score (nSPS) is 18.8. The van der Waals surface area contributed by atoms with E-state index in [0.29, 0.717) is 5.95 Å². The Kier molecular flexibility index (Phi) is 2.43. The molecule has 2 aliphatic heterocycles. The predicted molar refractivity (Wildman–Crippen MR) is 66.3 cm³/mol. The fraction of sp³-hybridized carbons (Fsp3) is 0.417. The van der Waals surface area contributed by atoms with Gasteiger partial charge in [0.05, 0.1) is 12.1 Å². The van der Waals surface area contributed by atoms with Crippen molar-refractivity contribution in [3.05, 3.63) is 18.0 Å². The van der Waals surface area contributed by atoms with Crippen molar-refractivity contribution >= 4 is 23.5 Å². The van der Waals surface area contributed by atoms with Crippen molar-refractivity contribution in [1.82, 2.24) is 9.55 Å². The van der Waals surface area contributed by atoms with Gasteiger partial charge in [0.15, 0.2) is 5.78 Å². The number of hydrogen-bond acceptors (Lipinski definition) is 4. The second kappa shape index (κ2) is 3.97. The van der Waals surface area contributed by atoms with Crippen LogP contribution in [0.5, 0.6) is 0 Å². The molecule has 0 radical (unpaired) electrons. The maximum absolute atomic E-state index is 11.9. The highest BCUT2D eigenvalue weighted by molar-refractivity contribution is 6.12. The first-order chi connectivity index (χ1) is 8.66. The number of allylic oxidation sites excluding steroid dienone is 1. The minimum absolute atomic E-state index is 0.0819. The summed E-state index contributed by atoms with van der Waals surface area (Å²) < 4.78 is 1.92. The van der Waals surface area contributed by atoms with Gasteiger partial charge in [-0.05, 0) is 18.9 Å². The number of ketones is 1. The quantitative estimate of drug-likeness (QED) is 0.737. The van der Waals surface area contributed by atoms with Crippen LogP contribution in [0.3, 0.4) is 0 Å². The number of imidazole rings is 1. The van der Waals surface area contributed by atoms with Crippen LogP contribution in [0, 0.1) is 0 Å². The molecule has 2 aliphatic rings. The highest BCUT2D eigenvalue weighted by atomic mass is 16.2. The summed E-state index contributed by atoms with van der Waals surface area (Å²) in [5.74, 6) is 1.03. The Balaban J connectivity index is 2.02. The summed E-state index contributed by atoms with van der Waals surface area (Å²) in [4.78, 5) is 28.9. The molecule has 0 aromatic carbocycles. The maximum Gasteiger partial charge on any atom is 0.241 e. The highest BCUT2D eigenvalue weighted by Crippen LogP contribution is 2.27. The largest absolute Gasteiger partial charge is 0.368 e. The van der Waals surface area contributed by atoms with Crippen LogP contribution in [0.25, 0.3) is 0 Å². The van der Waals surface area contributed by atoms with E-state index in [-0.39, 0.29) is 18.1 Å². The Morgan fingerprint density at radius 2 is 2.22 bits per heavy atom. The van der Waals surface area contributed by atoms with Gasteiger partial charge in [0.1, 0.15) is 5.82 Å². The molecule has 0 atom stereocenters. The molecule has 0 unspecified atom stereocenters. The Morgan fingerprint density at radius 1 is 1.39 bits per heavy atom. The topological polar surface area (TPSA) is 67.2 Å². The highest BCUT2D eigenvalue weighted by Gasteiger charge is 2.27. The lowest BCUT2D eigenvalue weighted by atomic mass is 10.2. The van der Waals surface area contributed by atoms with Gasteiger partial charge in [-0.1, -0.05) is 0 Å². The predicted octanol–water partition coefficient (Wildman–Crippen LogP) is 0.598. The minimum Gasteiger partial charge on any atom is -0.368 e. The smallest absolute Gasteiger partial charge is 0.241 e. The Bertz CT molecular complexity index is 559. The zero-order chi connectivity index (χ0) is 12.7. The average molecular weight is 246 g/mol. The molecule has 94 valence electrons. The molecule has 3 heterocycles. The molecular formula is C12H14N4O2. The SMILES string of the molecule is Cn1c(N2C=CC(=O)CC2=O)nc2c1CCCN2. The molecule has 0 saturated heterocycles. The van der Waals surface area contributed by atoms with Gasteiger partial charge >= 0.3 is 0 Å². The molecule has 18 heavy (non-hydrogen) atoms. The van der Waals surface area contributed by atoms with Crippen LogP contribution in [-0.2, 0) is 23.1 Å². The van der Waals surface area contributed by atoms with E-state index in [1.165, 1.54) is 17.2 Å². The van der Waals surface area contributed by atoms with Crippen LogP contribution < -0.4 is 10.2 Å². The molecule has 0 aliphatic carbocycles. The van der Waals surface area contributed by atoms with Crippen LogP contribution in [0.2, 0.25) is 0 Å². The van der Waals surface area contributed by atoms with Gasteiger partial charge in [0.25, 0.3) is 0 Å². The molecule has 1 amide bonds. The molecule has 0 fully saturated rings. The summed E-state index contributed by atoms with van der Waals surface area (Å²) in [6.45, 7) is 0.908. The van der Waals surface area contributed by atoms with Crippen molar-refractivity contribution in [3.8, 4) is 0 Å². The first kappa shape index (κ1) is 11.0. The van der Waals surface area contributed by atoms with Gasteiger partial charge in [-0.2, -0.15) is 4.98 Å². The monoisotopic (exact) mass is 246 g/mol. The number of rotatable bonds is 1. The van der Waals surface area contributed by atoms with Crippen molar-refractivity contribution in [1.29, 1.82) is 0 Å². The van der Waals surface area contributed by atoms with E-state index in [1.807, 2.05) is 11.6 Å². The number of nitrogens with zero attached hydrogens (tertiary/aromatic N) is 3. The molecule has 0 bridgehead atoms. The van der Waals surface area contributed by atoms with Gasteiger partial charge < -0.3 is 9.88 Å². The summed E-state index contributed by atoms with van der Waals surface area (Å²) in [7, 11) is 1.89. The van der Waals surface area contributed by atoms with E-state index in [9.17, 15) is 9.59 Å². The van der Waals surface area contributed by atoms with Crippen molar-refractivity contribution in [2.45, 2.75) is 19.3 Å². The second-order valence-electron chi connectivity index (χ2n) is 4.52. The molecule has 0 saturated carbocycles. The van der Waals surface area contributed by atoms with Gasteiger partial charge in [-0.25, -0.2) is 0 Å². The zero-order valence-electron chi connectivity index (χ0n) is 10.1. The second-order valence-corrected chi connectivity index (χ2v) is 4.52. The summed E-state index contributed by atoms with van der Waals surface area (Å²) in [6.07, 6.45) is 4.86. The Labute approximate surface area is 104 Å². The fourth-order valence-corrected chi connectivity index (χ4v) is 2.34. The Morgan fingerprint density at radius 3 is 2.94 bits per heavy atom. The summed E-state index contributed by atoms with van der Waals surface area (Å²) in [6, 6.07) is 0. The molecule has 6 nitrogen and oxygen atoms in total. The number of nitrogens with one attached hydrogen (secondary N) is 1. The van der Waals surface area contributed by atoms with Crippen LogP contribution in [0.1, 0.15) is 18.5 Å². The molecule has 1 aromatic heterocycles. The van der Waals surface area contributed by atoms with Crippen LogP contribution in [0.4, 0.5) is 11.8 Å². The van der Waals surface area contributed by atoms with Crippen molar-refractivity contribution in [2.75, 3.05) is 16.8 Å². The van der Waals surface area contributed by atoms with Crippen molar-refractivity contribution in [2.24, 2.45) is 7.05 Å². The molecule has 0 spiro atoms. The molecule has 3 rings (SSSR count). The number of aromatic nitrogens is 2. The third kappa shape index (κ3) is 1.61. The number of hydrogen-bond donors (Lipinski definition) is 1. The molecule has 1 N–H and O–H groups in total. The van der Waals surface area contributed by atoms with Gasteiger partial charge in [-0.15, -0.1) is 0 Å². The first-order valence-electron chi connectivity index (χ1n) is 5.99. The van der Waals surface area contributed by atoms with Gasteiger partial charge in [-0.3, -0.25) is 14.5 Å². The van der Waals surface area contributed by atoms with Crippen LogP contribution in [0.15, 0.2) is 12.3 Å². The van der Waals surface area contributed by atoms with Gasteiger partial charge in [0, 0.05) is 19.8 Å². The number of anilines is 2. The summed E-state index contributed by atoms with van der Waals surface area (Å²) in [5.41, 5.74) is 1.11. The van der Waals surface area contributed by atoms with E-state index >= 15 is 0 Å². The van der Waals surface area contributed by atoms with E-state index in [4.69, 9.17) is 0 Å². The molecule has 6 heteroatoms. The maximum atomic E-state index is 11.9. The van der Waals surface area contributed by atoms with Crippen LogP contribution in [-0.4, -0.2) is 27.8 Å². The molecular weight excluding hydrogens is 232 g/mol. The van der Waals surface area contributed by atoms with E-state index < -0.39 is 0 Å². The summed E-state index contributed by atoms with van der Waals surface area (Å²) >= 11 is 0. The van der Waals surface area contributed by atoms with Crippen molar-refractivity contribution in [3.63, 3.8) is 0 Å². The number of carbonyl (C=O) groups excluding carboxylic acids is 2. The van der Waals surface area contributed by atoms with E-state index in [2.05, 4.69) is 10.3 Å². The first-order valence-corrected chi connectivity index (χ1v) is 5.99. The lowest BCUT2D eigenvalue weighted by Crippen LogP contribution is -2.32. The van der Waals surface area contributed by atoms with E-state index in [0.717, 1.165) is 30.9 Å².